The van der Waals surface area contributed by atoms with Crippen molar-refractivity contribution in [1.29, 1.82) is 0 Å². The Kier molecular flexibility index (Phi) is 5.41. The number of benzene rings is 1. The molecule has 0 saturated carbocycles. The van der Waals surface area contributed by atoms with Gasteiger partial charge in [-0.05, 0) is 38.4 Å². The van der Waals surface area contributed by atoms with Gasteiger partial charge in [-0.1, -0.05) is 30.4 Å². The topological polar surface area (TPSA) is 12.0 Å². The lowest BCUT2D eigenvalue weighted by Gasteiger charge is -2.19. The number of alkyl halides is 3. The van der Waals surface area contributed by atoms with Gasteiger partial charge < -0.3 is 5.32 Å². The zero-order valence-corrected chi connectivity index (χ0v) is 10.6. The minimum atomic E-state index is -4.30. The SMILES string of the molecule is C/C=C/CCNC(C)c1ccccc1C(F)(F)F. The van der Waals surface area contributed by atoms with Gasteiger partial charge in [0.2, 0.25) is 0 Å². The van der Waals surface area contributed by atoms with Crippen LogP contribution >= 0.6 is 0 Å². The Bertz CT molecular complexity index is 396. The Balaban J connectivity index is 2.76. The Hall–Kier alpha value is -1.29. The van der Waals surface area contributed by atoms with Crippen molar-refractivity contribution in [3.05, 3.63) is 47.5 Å². The summed E-state index contributed by atoms with van der Waals surface area (Å²) in [5.41, 5.74) is -0.262. The molecule has 0 bridgehead atoms. The van der Waals surface area contributed by atoms with Crippen LogP contribution in [0.25, 0.3) is 0 Å². The third-order valence-corrected chi connectivity index (χ3v) is 2.73. The number of allylic oxidation sites excluding steroid dienone is 1. The molecular formula is C14H18F3N. The third kappa shape index (κ3) is 4.18. The van der Waals surface area contributed by atoms with Crippen molar-refractivity contribution in [3.63, 3.8) is 0 Å². The van der Waals surface area contributed by atoms with Gasteiger partial charge in [-0.15, -0.1) is 0 Å². The summed E-state index contributed by atoms with van der Waals surface area (Å²) in [6.45, 7) is 4.33. The summed E-state index contributed by atoms with van der Waals surface area (Å²) < 4.78 is 38.4. The summed E-state index contributed by atoms with van der Waals surface area (Å²) in [5, 5.41) is 3.09. The van der Waals surface area contributed by atoms with E-state index in [4.69, 9.17) is 0 Å². The van der Waals surface area contributed by atoms with Crippen LogP contribution < -0.4 is 5.32 Å². The van der Waals surface area contributed by atoms with Crippen molar-refractivity contribution < 1.29 is 13.2 Å². The van der Waals surface area contributed by atoms with Crippen LogP contribution in [0.1, 0.15) is 37.4 Å². The van der Waals surface area contributed by atoms with Crippen LogP contribution in [0.2, 0.25) is 0 Å². The monoisotopic (exact) mass is 257 g/mol. The number of nitrogens with one attached hydrogen (secondary N) is 1. The van der Waals surface area contributed by atoms with E-state index in [2.05, 4.69) is 5.32 Å². The highest BCUT2D eigenvalue weighted by molar-refractivity contribution is 5.32. The highest BCUT2D eigenvalue weighted by Crippen LogP contribution is 2.34. The van der Waals surface area contributed by atoms with Gasteiger partial charge in [0.15, 0.2) is 0 Å². The molecule has 4 heteroatoms. The molecule has 1 nitrogen and oxygen atoms in total. The third-order valence-electron chi connectivity index (χ3n) is 2.73. The first-order valence-electron chi connectivity index (χ1n) is 5.97. The van der Waals surface area contributed by atoms with E-state index in [0.717, 1.165) is 12.5 Å². The van der Waals surface area contributed by atoms with E-state index in [-0.39, 0.29) is 6.04 Å². The van der Waals surface area contributed by atoms with E-state index in [1.807, 2.05) is 19.1 Å². The van der Waals surface area contributed by atoms with E-state index < -0.39 is 11.7 Å². The van der Waals surface area contributed by atoms with E-state index in [9.17, 15) is 13.2 Å². The number of rotatable bonds is 5. The van der Waals surface area contributed by atoms with Gasteiger partial charge in [-0.25, -0.2) is 0 Å². The van der Waals surface area contributed by atoms with E-state index in [1.54, 1.807) is 13.0 Å². The molecule has 1 unspecified atom stereocenters. The zero-order valence-electron chi connectivity index (χ0n) is 10.6. The van der Waals surface area contributed by atoms with Crippen molar-refractivity contribution in [3.8, 4) is 0 Å². The molecule has 0 spiro atoms. The first-order chi connectivity index (χ1) is 8.46. The van der Waals surface area contributed by atoms with Crippen molar-refractivity contribution in [2.45, 2.75) is 32.5 Å². The molecule has 100 valence electrons. The van der Waals surface area contributed by atoms with Crippen LogP contribution in [0.15, 0.2) is 36.4 Å². The lowest BCUT2D eigenvalue weighted by molar-refractivity contribution is -0.138. The fraction of sp³-hybridized carbons (Fsp3) is 0.429. The summed E-state index contributed by atoms with van der Waals surface area (Å²) in [6.07, 6.45) is 0.427. The van der Waals surface area contributed by atoms with Crippen LogP contribution in [0.5, 0.6) is 0 Å². The fourth-order valence-corrected chi connectivity index (χ4v) is 1.79. The minimum absolute atomic E-state index is 0.297. The number of hydrogen-bond donors (Lipinski definition) is 1. The summed E-state index contributed by atoms with van der Waals surface area (Å²) >= 11 is 0. The number of halogens is 3. The van der Waals surface area contributed by atoms with Gasteiger partial charge in [0, 0.05) is 6.04 Å². The normalized spacial score (nSPS) is 14.1. The standard InChI is InChI=1S/C14H18F3N/c1-3-4-7-10-18-11(2)12-8-5-6-9-13(12)14(15,16)17/h3-6,8-9,11,18H,7,10H2,1-2H3/b4-3+. The molecule has 0 heterocycles. The van der Waals surface area contributed by atoms with Crippen molar-refractivity contribution in [2.24, 2.45) is 0 Å². The molecule has 0 radical (unpaired) electrons. The maximum absolute atomic E-state index is 12.8. The lowest BCUT2D eigenvalue weighted by Crippen LogP contribution is -2.22. The molecule has 0 aromatic heterocycles. The summed E-state index contributed by atoms with van der Waals surface area (Å²) in [7, 11) is 0. The van der Waals surface area contributed by atoms with Gasteiger partial charge >= 0.3 is 6.18 Å². The van der Waals surface area contributed by atoms with Gasteiger partial charge in [-0.2, -0.15) is 13.2 Å². The maximum Gasteiger partial charge on any atom is 0.416 e. The van der Waals surface area contributed by atoms with Gasteiger partial charge in [-0.3, -0.25) is 0 Å². The van der Waals surface area contributed by atoms with E-state index >= 15 is 0 Å². The van der Waals surface area contributed by atoms with Gasteiger partial charge in [0.05, 0.1) is 5.56 Å². The molecule has 0 aliphatic heterocycles. The Morgan fingerprint density at radius 1 is 1.28 bits per heavy atom. The predicted molar refractivity (Wildman–Crippen MR) is 67.3 cm³/mol. The average molecular weight is 257 g/mol. The predicted octanol–water partition coefficient (Wildman–Crippen LogP) is 4.32. The van der Waals surface area contributed by atoms with Gasteiger partial charge in [0.1, 0.15) is 0 Å². The second-order valence-electron chi connectivity index (χ2n) is 4.12. The van der Waals surface area contributed by atoms with Crippen LogP contribution in [0, 0.1) is 0 Å². The molecule has 1 aromatic rings. The van der Waals surface area contributed by atoms with Crippen molar-refractivity contribution in [1.82, 2.24) is 5.32 Å². The number of hydrogen-bond acceptors (Lipinski definition) is 1. The Labute approximate surface area is 106 Å². The minimum Gasteiger partial charge on any atom is -0.310 e. The first kappa shape index (κ1) is 14.8. The van der Waals surface area contributed by atoms with Crippen LogP contribution in [0.4, 0.5) is 13.2 Å². The Morgan fingerprint density at radius 2 is 1.94 bits per heavy atom. The quantitative estimate of drug-likeness (QED) is 0.611. The molecule has 0 amide bonds. The summed E-state index contributed by atoms with van der Waals surface area (Å²) in [6, 6.07) is 5.39. The second-order valence-corrected chi connectivity index (χ2v) is 4.12. The molecule has 0 aliphatic rings. The molecule has 1 aromatic carbocycles. The molecule has 0 saturated heterocycles. The van der Waals surface area contributed by atoms with Crippen molar-refractivity contribution >= 4 is 0 Å². The highest BCUT2D eigenvalue weighted by atomic mass is 19.4. The highest BCUT2D eigenvalue weighted by Gasteiger charge is 2.33. The molecule has 18 heavy (non-hydrogen) atoms. The van der Waals surface area contributed by atoms with E-state index in [1.165, 1.54) is 12.1 Å². The van der Waals surface area contributed by atoms with Crippen molar-refractivity contribution in [2.75, 3.05) is 6.54 Å². The maximum atomic E-state index is 12.8. The molecule has 0 aliphatic carbocycles. The van der Waals surface area contributed by atoms with Crippen LogP contribution in [-0.4, -0.2) is 6.54 Å². The fourth-order valence-electron chi connectivity index (χ4n) is 1.79. The smallest absolute Gasteiger partial charge is 0.310 e. The second kappa shape index (κ2) is 6.59. The van der Waals surface area contributed by atoms with E-state index in [0.29, 0.717) is 12.1 Å². The molecular weight excluding hydrogens is 239 g/mol. The molecule has 1 N–H and O–H groups in total. The largest absolute Gasteiger partial charge is 0.416 e. The molecule has 0 fully saturated rings. The van der Waals surface area contributed by atoms with Crippen LogP contribution in [-0.2, 0) is 6.18 Å². The summed E-state index contributed by atoms with van der Waals surface area (Å²) in [4.78, 5) is 0. The van der Waals surface area contributed by atoms with Crippen LogP contribution in [0.3, 0.4) is 0 Å². The van der Waals surface area contributed by atoms with Gasteiger partial charge in [0.25, 0.3) is 0 Å². The lowest BCUT2D eigenvalue weighted by atomic mass is 10.0. The molecule has 1 atom stereocenters. The Morgan fingerprint density at radius 3 is 2.56 bits per heavy atom. The first-order valence-corrected chi connectivity index (χ1v) is 5.97. The zero-order chi connectivity index (χ0) is 13.6. The molecule has 1 rings (SSSR count). The average Bonchev–Trinajstić information content (AvgIpc) is 2.33. The summed E-state index contributed by atoms with van der Waals surface area (Å²) in [5.74, 6) is 0.